The Labute approximate surface area is 93.0 Å². The maximum atomic E-state index is 6.38. The summed E-state index contributed by atoms with van der Waals surface area (Å²) in [6.07, 6.45) is 2.64. The van der Waals surface area contributed by atoms with E-state index in [0.717, 1.165) is 39.0 Å². The second kappa shape index (κ2) is 4.04. The summed E-state index contributed by atoms with van der Waals surface area (Å²) in [5, 5.41) is 6.95. The van der Waals surface area contributed by atoms with Gasteiger partial charge in [0.1, 0.15) is 0 Å². The number of rotatable bonds is 0. The third-order valence-corrected chi connectivity index (χ3v) is 3.65. The molecule has 0 aromatic rings. The molecule has 88 valence electrons. The molecule has 0 aliphatic carbocycles. The van der Waals surface area contributed by atoms with Crippen LogP contribution < -0.4 is 10.6 Å². The second-order valence-electron chi connectivity index (χ2n) is 6.04. The van der Waals surface area contributed by atoms with E-state index in [1.807, 2.05) is 0 Å². The Morgan fingerprint density at radius 1 is 1.13 bits per heavy atom. The highest BCUT2D eigenvalue weighted by atomic mass is 16.5. The van der Waals surface area contributed by atoms with Crippen LogP contribution in [0.25, 0.3) is 0 Å². The molecule has 2 heterocycles. The third-order valence-electron chi connectivity index (χ3n) is 3.65. The molecule has 0 saturated carbocycles. The number of nitrogens with one attached hydrogen (secondary N) is 2. The smallest absolute Gasteiger partial charge is 0.0835 e. The van der Waals surface area contributed by atoms with Crippen LogP contribution in [0.2, 0.25) is 0 Å². The lowest BCUT2D eigenvalue weighted by molar-refractivity contribution is -0.162. The lowest BCUT2D eigenvalue weighted by Gasteiger charge is -2.48. The van der Waals surface area contributed by atoms with E-state index >= 15 is 0 Å². The molecule has 1 atom stereocenters. The predicted octanol–water partition coefficient (Wildman–Crippen LogP) is 1.14. The van der Waals surface area contributed by atoms with Gasteiger partial charge in [-0.15, -0.1) is 0 Å². The molecule has 0 radical (unpaired) electrons. The molecule has 0 aromatic heterocycles. The summed E-state index contributed by atoms with van der Waals surface area (Å²) >= 11 is 0. The lowest BCUT2D eigenvalue weighted by atomic mass is 9.84. The summed E-state index contributed by atoms with van der Waals surface area (Å²) in [6.45, 7) is 11.0. The van der Waals surface area contributed by atoms with E-state index in [0.29, 0.717) is 6.10 Å². The van der Waals surface area contributed by atoms with Crippen LogP contribution in [0.15, 0.2) is 0 Å². The van der Waals surface area contributed by atoms with Gasteiger partial charge in [-0.25, -0.2) is 0 Å². The number of morpholine rings is 1. The fourth-order valence-corrected chi connectivity index (χ4v) is 2.48. The van der Waals surface area contributed by atoms with Crippen molar-refractivity contribution in [1.29, 1.82) is 0 Å². The zero-order valence-corrected chi connectivity index (χ0v) is 10.2. The van der Waals surface area contributed by atoms with E-state index in [4.69, 9.17) is 4.74 Å². The van der Waals surface area contributed by atoms with Gasteiger partial charge in [0.2, 0.25) is 0 Å². The summed E-state index contributed by atoms with van der Waals surface area (Å²) in [5.74, 6) is 0. The fourth-order valence-electron chi connectivity index (χ4n) is 2.48. The van der Waals surface area contributed by atoms with Gasteiger partial charge >= 0.3 is 0 Å². The highest BCUT2D eigenvalue weighted by Crippen LogP contribution is 2.33. The van der Waals surface area contributed by atoms with Gasteiger partial charge in [-0.05, 0) is 31.3 Å². The normalized spacial score (nSPS) is 31.8. The molecule has 2 N–H and O–H groups in total. The van der Waals surface area contributed by atoms with Crippen molar-refractivity contribution in [3.05, 3.63) is 0 Å². The lowest BCUT2D eigenvalue weighted by Crippen LogP contribution is -2.60. The van der Waals surface area contributed by atoms with Gasteiger partial charge in [0.25, 0.3) is 0 Å². The minimum Gasteiger partial charge on any atom is -0.368 e. The topological polar surface area (TPSA) is 33.3 Å². The molecule has 2 aliphatic heterocycles. The molecule has 2 rings (SSSR count). The van der Waals surface area contributed by atoms with Crippen molar-refractivity contribution in [2.75, 3.05) is 26.2 Å². The number of piperidine rings is 1. The van der Waals surface area contributed by atoms with Crippen LogP contribution in [-0.2, 0) is 4.74 Å². The Hall–Kier alpha value is -0.120. The SMILES string of the molecule is CC(C)(C)C1CNCC2(CCNCC2)O1. The van der Waals surface area contributed by atoms with E-state index < -0.39 is 0 Å². The molecule has 2 fully saturated rings. The van der Waals surface area contributed by atoms with E-state index in [9.17, 15) is 0 Å². The molecule has 0 bridgehead atoms. The Kier molecular flexibility index (Phi) is 3.06. The highest BCUT2D eigenvalue weighted by molar-refractivity contribution is 4.95. The van der Waals surface area contributed by atoms with Crippen LogP contribution >= 0.6 is 0 Å². The minimum atomic E-state index is 0.113. The summed E-state index contributed by atoms with van der Waals surface area (Å²) in [5.41, 5.74) is 0.354. The zero-order valence-electron chi connectivity index (χ0n) is 10.2. The van der Waals surface area contributed by atoms with Crippen LogP contribution in [0, 0.1) is 5.41 Å². The van der Waals surface area contributed by atoms with Crippen LogP contribution in [0.4, 0.5) is 0 Å². The van der Waals surface area contributed by atoms with Crippen LogP contribution in [0.3, 0.4) is 0 Å². The van der Waals surface area contributed by atoms with Crippen molar-refractivity contribution in [3.63, 3.8) is 0 Å². The van der Waals surface area contributed by atoms with E-state index in [1.54, 1.807) is 0 Å². The zero-order chi connectivity index (χ0) is 10.9. The first-order valence-corrected chi connectivity index (χ1v) is 6.11. The van der Waals surface area contributed by atoms with E-state index in [2.05, 4.69) is 31.4 Å². The van der Waals surface area contributed by atoms with Gasteiger partial charge in [0.15, 0.2) is 0 Å². The average molecular weight is 212 g/mol. The van der Waals surface area contributed by atoms with Crippen molar-refractivity contribution < 1.29 is 4.74 Å². The highest BCUT2D eigenvalue weighted by Gasteiger charge is 2.41. The molecule has 15 heavy (non-hydrogen) atoms. The first-order chi connectivity index (χ1) is 7.02. The van der Waals surface area contributed by atoms with E-state index in [-0.39, 0.29) is 11.0 Å². The molecule has 0 aromatic carbocycles. The van der Waals surface area contributed by atoms with Crippen LogP contribution in [0.1, 0.15) is 33.6 Å². The number of ether oxygens (including phenoxy) is 1. The van der Waals surface area contributed by atoms with Gasteiger partial charge in [-0.2, -0.15) is 0 Å². The van der Waals surface area contributed by atoms with Gasteiger partial charge in [0, 0.05) is 13.1 Å². The Bertz CT molecular complexity index is 211. The quantitative estimate of drug-likeness (QED) is 0.632. The Morgan fingerprint density at radius 3 is 2.40 bits per heavy atom. The monoisotopic (exact) mass is 212 g/mol. The second-order valence-corrected chi connectivity index (χ2v) is 6.04. The number of hydrogen-bond acceptors (Lipinski definition) is 3. The largest absolute Gasteiger partial charge is 0.368 e. The van der Waals surface area contributed by atoms with Gasteiger partial charge in [-0.1, -0.05) is 20.8 Å². The summed E-state index contributed by atoms with van der Waals surface area (Å²) < 4.78 is 6.38. The maximum absolute atomic E-state index is 6.38. The van der Waals surface area contributed by atoms with Gasteiger partial charge < -0.3 is 15.4 Å². The molecular weight excluding hydrogens is 188 g/mol. The van der Waals surface area contributed by atoms with Gasteiger partial charge in [-0.3, -0.25) is 0 Å². The minimum absolute atomic E-state index is 0.113. The molecule has 1 unspecified atom stereocenters. The molecule has 3 nitrogen and oxygen atoms in total. The summed E-state index contributed by atoms with van der Waals surface area (Å²) in [7, 11) is 0. The van der Waals surface area contributed by atoms with Crippen molar-refractivity contribution in [3.8, 4) is 0 Å². The Morgan fingerprint density at radius 2 is 1.80 bits per heavy atom. The van der Waals surface area contributed by atoms with Crippen molar-refractivity contribution >= 4 is 0 Å². The molecule has 1 spiro atoms. The van der Waals surface area contributed by atoms with Crippen molar-refractivity contribution in [1.82, 2.24) is 10.6 Å². The average Bonchev–Trinajstić information content (AvgIpc) is 2.18. The molecule has 3 heteroatoms. The third kappa shape index (κ3) is 2.52. The first kappa shape index (κ1) is 11.4. The van der Waals surface area contributed by atoms with Crippen molar-refractivity contribution in [2.24, 2.45) is 5.41 Å². The van der Waals surface area contributed by atoms with Gasteiger partial charge in [0.05, 0.1) is 11.7 Å². The predicted molar refractivity (Wildman–Crippen MR) is 62.0 cm³/mol. The summed E-state index contributed by atoms with van der Waals surface area (Å²) in [4.78, 5) is 0. The maximum Gasteiger partial charge on any atom is 0.0835 e. The molecule has 2 aliphatic rings. The van der Waals surface area contributed by atoms with Crippen LogP contribution in [-0.4, -0.2) is 37.9 Å². The molecule has 2 saturated heterocycles. The van der Waals surface area contributed by atoms with Crippen molar-refractivity contribution in [2.45, 2.75) is 45.3 Å². The van der Waals surface area contributed by atoms with E-state index in [1.165, 1.54) is 0 Å². The standard InChI is InChI=1S/C12H24N2O/c1-11(2,3)10-8-14-9-12(15-10)4-6-13-7-5-12/h10,13-14H,4-9H2,1-3H3. The first-order valence-electron chi connectivity index (χ1n) is 6.11. The number of hydrogen-bond donors (Lipinski definition) is 2. The van der Waals surface area contributed by atoms with Crippen LogP contribution in [0.5, 0.6) is 0 Å². The Balaban J connectivity index is 2.02. The molecular formula is C12H24N2O. The summed E-state index contributed by atoms with van der Waals surface area (Å²) in [6, 6.07) is 0. The molecule has 0 amide bonds. The fraction of sp³-hybridized carbons (Fsp3) is 1.00.